The lowest BCUT2D eigenvalue weighted by Crippen LogP contribution is -2.28. The number of pyridine rings is 1. The van der Waals surface area contributed by atoms with Crippen LogP contribution in [0.25, 0.3) is 33.7 Å². The van der Waals surface area contributed by atoms with Crippen molar-refractivity contribution < 1.29 is 21.9 Å². The average molecular weight is 640 g/mol. The number of aliphatic hydroxyl groups is 1. The van der Waals surface area contributed by atoms with Crippen LogP contribution in [0.3, 0.4) is 0 Å². The zero-order chi connectivity index (χ0) is 32.8. The Hall–Kier alpha value is -4.11. The van der Waals surface area contributed by atoms with Crippen molar-refractivity contribution in [3.8, 4) is 11.1 Å². The molecule has 0 bridgehead atoms. The van der Waals surface area contributed by atoms with Gasteiger partial charge >= 0.3 is 0 Å². The molecule has 0 atom stereocenters. The molecule has 0 saturated heterocycles. The zero-order valence-electron chi connectivity index (χ0n) is 26.2. The second kappa shape index (κ2) is 11.7. The van der Waals surface area contributed by atoms with E-state index in [2.05, 4.69) is 4.98 Å². The maximum Gasteiger partial charge on any atom is 0.175 e. The standard InChI is InChI=1S/C37H37NO5S2/c1-36(2,39)30-16-12-26(13-17-30)33(27-14-18-32(19-15-27)44(5,40)41)22-25-9-7-10-28(21-25)34-24-31(37(3,4)45(6,42)43)23-29-11-8-20-38-35(29)34/h7-24,39H,1-6H3/b33-22+. The Labute approximate surface area is 266 Å². The van der Waals surface area contributed by atoms with Crippen LogP contribution in [0.1, 0.15) is 55.5 Å². The summed E-state index contributed by atoms with van der Waals surface area (Å²) in [7, 11) is -6.78. The molecule has 0 amide bonds. The van der Waals surface area contributed by atoms with Gasteiger partial charge in [0.25, 0.3) is 0 Å². The van der Waals surface area contributed by atoms with Crippen LogP contribution in [0.5, 0.6) is 0 Å². The SMILES string of the molecule is CC(C)(O)c1ccc(/C(=C\c2cccc(-c3cc(C(C)(C)S(C)(=O)=O)cc4cccnc34)c2)c2ccc(S(C)(=O)=O)cc2)cc1. The molecular formula is C37H37NO5S2. The molecule has 5 rings (SSSR count). The molecule has 5 aromatic rings. The van der Waals surface area contributed by atoms with Crippen LogP contribution in [-0.2, 0) is 30.0 Å². The van der Waals surface area contributed by atoms with Gasteiger partial charge in [0, 0.05) is 29.7 Å². The number of hydrogen-bond donors (Lipinski definition) is 1. The van der Waals surface area contributed by atoms with Crippen LogP contribution in [-0.4, -0.2) is 39.4 Å². The summed E-state index contributed by atoms with van der Waals surface area (Å²) in [6.07, 6.45) is 6.21. The highest BCUT2D eigenvalue weighted by Crippen LogP contribution is 2.37. The van der Waals surface area contributed by atoms with E-state index in [4.69, 9.17) is 0 Å². The summed E-state index contributed by atoms with van der Waals surface area (Å²) in [6.45, 7) is 6.90. The first kappa shape index (κ1) is 32.3. The number of aromatic nitrogens is 1. The third-order valence-corrected chi connectivity index (χ3v) is 11.5. The normalized spacial score (nSPS) is 13.3. The first-order chi connectivity index (χ1) is 20.9. The van der Waals surface area contributed by atoms with Crippen molar-refractivity contribution in [2.45, 2.75) is 42.9 Å². The zero-order valence-corrected chi connectivity index (χ0v) is 27.9. The summed E-state index contributed by atoms with van der Waals surface area (Å²) in [5.41, 5.74) is 6.40. The van der Waals surface area contributed by atoms with E-state index < -0.39 is 30.0 Å². The minimum atomic E-state index is -3.42. The minimum absolute atomic E-state index is 0.237. The molecule has 1 heterocycles. The van der Waals surface area contributed by atoms with Crippen molar-refractivity contribution in [1.29, 1.82) is 0 Å². The van der Waals surface area contributed by atoms with Gasteiger partial charge in [-0.1, -0.05) is 60.7 Å². The molecule has 0 spiro atoms. The second-order valence-corrected chi connectivity index (χ2v) is 17.1. The molecule has 0 fully saturated rings. The molecule has 1 aromatic heterocycles. The van der Waals surface area contributed by atoms with Crippen LogP contribution in [0.2, 0.25) is 0 Å². The van der Waals surface area contributed by atoms with E-state index in [1.54, 1.807) is 58.2 Å². The number of hydrogen-bond acceptors (Lipinski definition) is 6. The smallest absolute Gasteiger partial charge is 0.175 e. The fourth-order valence-corrected chi connectivity index (χ4v) is 6.39. The Bertz CT molecular complexity index is 2140. The van der Waals surface area contributed by atoms with Crippen LogP contribution in [0, 0.1) is 0 Å². The van der Waals surface area contributed by atoms with Gasteiger partial charge in [-0.05, 0) is 109 Å². The van der Waals surface area contributed by atoms with Gasteiger partial charge in [-0.2, -0.15) is 0 Å². The largest absolute Gasteiger partial charge is 0.386 e. The van der Waals surface area contributed by atoms with Crippen molar-refractivity contribution in [2.75, 3.05) is 12.5 Å². The summed E-state index contributed by atoms with van der Waals surface area (Å²) in [5.74, 6) is 0. The highest BCUT2D eigenvalue weighted by atomic mass is 32.2. The summed E-state index contributed by atoms with van der Waals surface area (Å²) in [5, 5.41) is 11.3. The van der Waals surface area contributed by atoms with E-state index in [0.717, 1.165) is 49.9 Å². The molecular weight excluding hydrogens is 603 g/mol. The van der Waals surface area contributed by atoms with Gasteiger partial charge in [0.05, 0.1) is 20.8 Å². The highest BCUT2D eigenvalue weighted by Gasteiger charge is 2.33. The van der Waals surface area contributed by atoms with Crippen molar-refractivity contribution in [3.63, 3.8) is 0 Å². The third kappa shape index (κ3) is 6.78. The maximum atomic E-state index is 12.8. The van der Waals surface area contributed by atoms with Crippen molar-refractivity contribution in [2.24, 2.45) is 0 Å². The molecule has 1 N–H and O–H groups in total. The topological polar surface area (TPSA) is 101 Å². The predicted octanol–water partition coefficient (Wildman–Crippen LogP) is 7.40. The second-order valence-electron chi connectivity index (χ2n) is 12.5. The van der Waals surface area contributed by atoms with Crippen molar-refractivity contribution in [1.82, 2.24) is 4.98 Å². The molecule has 0 radical (unpaired) electrons. The molecule has 0 unspecified atom stereocenters. The quantitative estimate of drug-likeness (QED) is 0.178. The van der Waals surface area contributed by atoms with E-state index >= 15 is 0 Å². The first-order valence-electron chi connectivity index (χ1n) is 14.5. The Morgan fingerprint density at radius 3 is 1.93 bits per heavy atom. The highest BCUT2D eigenvalue weighted by molar-refractivity contribution is 7.91. The Balaban J connectivity index is 1.69. The maximum absolute atomic E-state index is 12.8. The summed E-state index contributed by atoms with van der Waals surface area (Å²) in [6, 6.07) is 30.0. The molecule has 6 nitrogen and oxygen atoms in total. The number of sulfone groups is 2. The third-order valence-electron chi connectivity index (χ3n) is 8.33. The van der Waals surface area contributed by atoms with Gasteiger partial charge in [-0.3, -0.25) is 4.98 Å². The van der Waals surface area contributed by atoms with Crippen LogP contribution >= 0.6 is 0 Å². The van der Waals surface area contributed by atoms with Crippen molar-refractivity contribution >= 4 is 42.2 Å². The summed E-state index contributed by atoms with van der Waals surface area (Å²) >= 11 is 0. The number of fused-ring (bicyclic) bond motifs is 1. The lowest BCUT2D eigenvalue weighted by molar-refractivity contribution is 0.0786. The first-order valence-corrected chi connectivity index (χ1v) is 18.3. The molecule has 0 aliphatic carbocycles. The Morgan fingerprint density at radius 2 is 1.36 bits per heavy atom. The molecule has 4 aromatic carbocycles. The van der Waals surface area contributed by atoms with Gasteiger partial charge in [-0.15, -0.1) is 0 Å². The molecule has 0 aliphatic heterocycles. The van der Waals surface area contributed by atoms with Gasteiger partial charge in [0.2, 0.25) is 0 Å². The summed E-state index contributed by atoms with van der Waals surface area (Å²) < 4.78 is 48.7. The minimum Gasteiger partial charge on any atom is -0.386 e. The number of benzene rings is 4. The molecule has 0 aliphatic rings. The van der Waals surface area contributed by atoms with Crippen LogP contribution in [0.4, 0.5) is 0 Å². The van der Waals surface area contributed by atoms with Gasteiger partial charge < -0.3 is 5.11 Å². The Morgan fingerprint density at radius 1 is 0.733 bits per heavy atom. The van der Waals surface area contributed by atoms with E-state index in [9.17, 15) is 21.9 Å². The van der Waals surface area contributed by atoms with Crippen LogP contribution in [0.15, 0.2) is 108 Å². The lowest BCUT2D eigenvalue weighted by Gasteiger charge is -2.24. The lowest BCUT2D eigenvalue weighted by atomic mass is 9.91. The monoisotopic (exact) mass is 639 g/mol. The molecule has 8 heteroatoms. The van der Waals surface area contributed by atoms with Gasteiger partial charge in [0.1, 0.15) is 0 Å². The van der Waals surface area contributed by atoms with Crippen LogP contribution < -0.4 is 0 Å². The average Bonchev–Trinajstić information content (AvgIpc) is 2.98. The molecule has 232 valence electrons. The fourth-order valence-electron chi connectivity index (χ4n) is 5.21. The molecule has 45 heavy (non-hydrogen) atoms. The Kier molecular flexibility index (Phi) is 8.38. The van der Waals surface area contributed by atoms with Gasteiger partial charge in [-0.25, -0.2) is 16.8 Å². The van der Waals surface area contributed by atoms with E-state index in [0.29, 0.717) is 5.56 Å². The van der Waals surface area contributed by atoms with E-state index in [-0.39, 0.29) is 4.90 Å². The molecule has 0 saturated carbocycles. The van der Waals surface area contributed by atoms with E-state index in [1.165, 1.54) is 12.5 Å². The number of nitrogens with zero attached hydrogens (tertiary/aromatic N) is 1. The van der Waals surface area contributed by atoms with E-state index in [1.807, 2.05) is 78.9 Å². The number of rotatable bonds is 8. The van der Waals surface area contributed by atoms with Gasteiger partial charge in [0.15, 0.2) is 19.7 Å². The predicted molar refractivity (Wildman–Crippen MR) is 183 cm³/mol. The summed E-state index contributed by atoms with van der Waals surface area (Å²) in [4.78, 5) is 4.89. The fraction of sp³-hybridized carbons (Fsp3) is 0.216. The van der Waals surface area contributed by atoms with Crippen molar-refractivity contribution in [3.05, 3.63) is 131 Å².